The Morgan fingerprint density at radius 1 is 1.26 bits per heavy atom. The van der Waals surface area contributed by atoms with Crippen molar-refractivity contribution in [2.45, 2.75) is 19.3 Å². The molecule has 0 radical (unpaired) electrons. The number of halogens is 1. The van der Waals surface area contributed by atoms with Crippen molar-refractivity contribution in [1.29, 1.82) is 0 Å². The summed E-state index contributed by atoms with van der Waals surface area (Å²) in [6.45, 7) is 4.27. The highest BCUT2D eigenvalue weighted by molar-refractivity contribution is 6.28. The molecule has 1 saturated heterocycles. The molecular formula is C12H17ClN6. The van der Waals surface area contributed by atoms with E-state index in [0.29, 0.717) is 5.65 Å². The molecular weight excluding hydrogens is 264 g/mol. The predicted molar refractivity (Wildman–Crippen MR) is 75.5 cm³/mol. The molecule has 0 spiro atoms. The normalized spacial score (nSPS) is 16.9. The minimum atomic E-state index is 0.222. The van der Waals surface area contributed by atoms with Crippen LogP contribution in [-0.2, 0) is 0 Å². The van der Waals surface area contributed by atoms with E-state index >= 15 is 0 Å². The van der Waals surface area contributed by atoms with Gasteiger partial charge in [0, 0.05) is 13.1 Å². The molecule has 2 aromatic heterocycles. The summed E-state index contributed by atoms with van der Waals surface area (Å²) in [5.74, 6) is 0.726. The number of nitrogens with zero attached hydrogens (tertiary/aromatic N) is 4. The summed E-state index contributed by atoms with van der Waals surface area (Å²) in [5.41, 5.74) is 1.41. The summed E-state index contributed by atoms with van der Waals surface area (Å²) >= 11 is 5.88. The van der Waals surface area contributed by atoms with Crippen LogP contribution in [0.25, 0.3) is 11.2 Å². The van der Waals surface area contributed by atoms with Crippen LogP contribution in [0.2, 0.25) is 5.28 Å². The van der Waals surface area contributed by atoms with Gasteiger partial charge in [0.15, 0.2) is 11.5 Å². The van der Waals surface area contributed by atoms with E-state index in [1.165, 1.54) is 32.4 Å². The lowest BCUT2D eigenvalue weighted by Crippen LogP contribution is -2.33. The first-order valence-corrected chi connectivity index (χ1v) is 7.03. The van der Waals surface area contributed by atoms with E-state index in [9.17, 15) is 0 Å². The largest absolute Gasteiger partial charge is 0.367 e. The van der Waals surface area contributed by atoms with Crippen molar-refractivity contribution >= 4 is 28.6 Å². The first-order chi connectivity index (χ1) is 9.33. The summed E-state index contributed by atoms with van der Waals surface area (Å²) in [6, 6.07) is 0. The molecule has 19 heavy (non-hydrogen) atoms. The summed E-state index contributed by atoms with van der Waals surface area (Å²) in [4.78, 5) is 17.9. The average molecular weight is 281 g/mol. The van der Waals surface area contributed by atoms with E-state index in [1.807, 2.05) is 0 Å². The van der Waals surface area contributed by atoms with E-state index in [4.69, 9.17) is 11.6 Å². The Labute approximate surface area is 116 Å². The number of aromatic nitrogens is 4. The molecule has 1 aliphatic heterocycles. The van der Waals surface area contributed by atoms with E-state index < -0.39 is 0 Å². The van der Waals surface area contributed by atoms with Crippen molar-refractivity contribution in [3.8, 4) is 0 Å². The number of likely N-dealkylation sites (tertiary alicyclic amines) is 1. The van der Waals surface area contributed by atoms with E-state index in [0.717, 1.165) is 24.4 Å². The molecule has 2 N–H and O–H groups in total. The summed E-state index contributed by atoms with van der Waals surface area (Å²) in [6.07, 6.45) is 5.58. The lowest BCUT2D eigenvalue weighted by atomic mass is 10.1. The van der Waals surface area contributed by atoms with Gasteiger partial charge in [-0.3, -0.25) is 0 Å². The molecule has 7 heteroatoms. The van der Waals surface area contributed by atoms with Crippen LogP contribution < -0.4 is 5.32 Å². The van der Waals surface area contributed by atoms with Crippen LogP contribution in [-0.4, -0.2) is 51.0 Å². The molecule has 1 aliphatic rings. The second kappa shape index (κ2) is 5.71. The standard InChI is InChI=1S/C12H17ClN6/c13-12-17-10(9-11(18-12)16-8-15-9)14-4-7-19-5-2-1-3-6-19/h8H,1-7H2,(H2,14,15,16,17,18). The maximum atomic E-state index is 5.88. The van der Waals surface area contributed by atoms with Crippen molar-refractivity contribution < 1.29 is 0 Å². The van der Waals surface area contributed by atoms with Gasteiger partial charge in [0.2, 0.25) is 5.28 Å². The van der Waals surface area contributed by atoms with Crippen LogP contribution in [0.4, 0.5) is 5.82 Å². The maximum absolute atomic E-state index is 5.88. The Bertz CT molecular complexity index is 548. The molecule has 0 unspecified atom stereocenters. The van der Waals surface area contributed by atoms with Gasteiger partial charge in [0.1, 0.15) is 5.52 Å². The van der Waals surface area contributed by atoms with Crippen molar-refractivity contribution in [3.63, 3.8) is 0 Å². The summed E-state index contributed by atoms with van der Waals surface area (Å²) < 4.78 is 0. The predicted octanol–water partition coefficient (Wildman–Crippen LogP) is 1.90. The SMILES string of the molecule is Clc1nc(NCCN2CCCCC2)c2[nH]cnc2n1. The number of hydrogen-bond donors (Lipinski definition) is 2. The number of H-pyrrole nitrogens is 1. The highest BCUT2D eigenvalue weighted by atomic mass is 35.5. The third-order valence-electron chi connectivity index (χ3n) is 3.43. The van der Waals surface area contributed by atoms with Crippen LogP contribution in [0.3, 0.4) is 0 Å². The van der Waals surface area contributed by atoms with Crippen LogP contribution in [0.5, 0.6) is 0 Å². The Morgan fingerprint density at radius 2 is 2.11 bits per heavy atom. The van der Waals surface area contributed by atoms with Gasteiger partial charge >= 0.3 is 0 Å². The molecule has 3 rings (SSSR count). The topological polar surface area (TPSA) is 69.7 Å². The fourth-order valence-electron chi connectivity index (χ4n) is 2.45. The summed E-state index contributed by atoms with van der Waals surface area (Å²) in [5, 5.41) is 3.54. The van der Waals surface area contributed by atoms with Gasteiger partial charge in [-0.1, -0.05) is 6.42 Å². The zero-order chi connectivity index (χ0) is 13.1. The fourth-order valence-corrected chi connectivity index (χ4v) is 2.61. The first-order valence-electron chi connectivity index (χ1n) is 6.66. The Hall–Kier alpha value is -1.40. The molecule has 2 aromatic rings. The maximum Gasteiger partial charge on any atom is 0.226 e. The van der Waals surface area contributed by atoms with Gasteiger partial charge < -0.3 is 15.2 Å². The first kappa shape index (κ1) is 12.6. The van der Waals surface area contributed by atoms with Gasteiger partial charge in [0.05, 0.1) is 6.33 Å². The number of rotatable bonds is 4. The molecule has 6 nitrogen and oxygen atoms in total. The number of fused-ring (bicyclic) bond motifs is 1. The highest BCUT2D eigenvalue weighted by Crippen LogP contribution is 2.18. The number of hydrogen-bond acceptors (Lipinski definition) is 5. The molecule has 3 heterocycles. The van der Waals surface area contributed by atoms with Gasteiger partial charge in [-0.05, 0) is 37.5 Å². The van der Waals surface area contributed by atoms with E-state index in [1.54, 1.807) is 6.33 Å². The number of nitrogens with one attached hydrogen (secondary N) is 2. The Kier molecular flexibility index (Phi) is 3.79. The Morgan fingerprint density at radius 3 is 2.95 bits per heavy atom. The van der Waals surface area contributed by atoms with Crippen molar-refractivity contribution in [2.75, 3.05) is 31.5 Å². The third kappa shape index (κ3) is 2.96. The van der Waals surface area contributed by atoms with Crippen LogP contribution in [0, 0.1) is 0 Å². The number of imidazole rings is 1. The smallest absolute Gasteiger partial charge is 0.226 e. The molecule has 0 amide bonds. The molecule has 0 bridgehead atoms. The molecule has 0 saturated carbocycles. The summed E-state index contributed by atoms with van der Waals surface area (Å²) in [7, 11) is 0. The lowest BCUT2D eigenvalue weighted by molar-refractivity contribution is 0.237. The third-order valence-corrected chi connectivity index (χ3v) is 3.60. The molecule has 0 aromatic carbocycles. The Balaban J connectivity index is 1.63. The van der Waals surface area contributed by atoms with Crippen molar-refractivity contribution in [2.24, 2.45) is 0 Å². The highest BCUT2D eigenvalue weighted by Gasteiger charge is 2.11. The number of aromatic amines is 1. The second-order valence-corrected chi connectivity index (χ2v) is 5.11. The lowest BCUT2D eigenvalue weighted by Gasteiger charge is -2.26. The zero-order valence-electron chi connectivity index (χ0n) is 10.7. The van der Waals surface area contributed by atoms with Crippen molar-refractivity contribution in [3.05, 3.63) is 11.6 Å². The number of anilines is 1. The van der Waals surface area contributed by atoms with Gasteiger partial charge in [-0.2, -0.15) is 9.97 Å². The average Bonchev–Trinajstić information content (AvgIpc) is 2.88. The van der Waals surface area contributed by atoms with Crippen molar-refractivity contribution in [1.82, 2.24) is 24.8 Å². The van der Waals surface area contributed by atoms with Crippen LogP contribution in [0.15, 0.2) is 6.33 Å². The second-order valence-electron chi connectivity index (χ2n) is 4.77. The van der Waals surface area contributed by atoms with E-state index in [-0.39, 0.29) is 5.28 Å². The quantitative estimate of drug-likeness (QED) is 0.837. The monoisotopic (exact) mass is 280 g/mol. The molecule has 0 atom stereocenters. The zero-order valence-corrected chi connectivity index (χ0v) is 11.4. The van der Waals surface area contributed by atoms with Gasteiger partial charge in [0.25, 0.3) is 0 Å². The van der Waals surface area contributed by atoms with Gasteiger partial charge in [-0.25, -0.2) is 4.98 Å². The van der Waals surface area contributed by atoms with Crippen LogP contribution >= 0.6 is 11.6 Å². The van der Waals surface area contributed by atoms with Gasteiger partial charge in [-0.15, -0.1) is 0 Å². The molecule has 102 valence electrons. The minimum Gasteiger partial charge on any atom is -0.367 e. The van der Waals surface area contributed by atoms with Crippen LogP contribution in [0.1, 0.15) is 19.3 Å². The number of piperidine rings is 1. The molecule has 0 aliphatic carbocycles. The minimum absolute atomic E-state index is 0.222. The molecule has 1 fully saturated rings. The fraction of sp³-hybridized carbons (Fsp3) is 0.583. The van der Waals surface area contributed by atoms with E-state index in [2.05, 4.69) is 30.2 Å².